The number of nitrogens with two attached hydrogens (primary N) is 3. The zero-order valence-corrected chi connectivity index (χ0v) is 8.76. The van der Waals surface area contributed by atoms with Gasteiger partial charge in [0.2, 0.25) is 5.96 Å². The van der Waals surface area contributed by atoms with Gasteiger partial charge < -0.3 is 22.3 Å². The van der Waals surface area contributed by atoms with Crippen LogP contribution in [0.5, 0.6) is 0 Å². The molecule has 0 aliphatic heterocycles. The number of aliphatic imine (C=N–C) groups is 2. The van der Waals surface area contributed by atoms with Crippen molar-refractivity contribution >= 4 is 11.9 Å². The summed E-state index contributed by atoms with van der Waals surface area (Å²) in [6.45, 7) is 0.634. The first kappa shape index (κ1) is 11.8. The minimum atomic E-state index is -0.139. The molecule has 0 aromatic carbocycles. The topological polar surface area (TPSA) is 123 Å². The number of guanidine groups is 2. The Morgan fingerprint density at radius 1 is 1.13 bits per heavy atom. The van der Waals surface area contributed by atoms with Crippen molar-refractivity contribution in [3.8, 4) is 0 Å². The van der Waals surface area contributed by atoms with E-state index in [4.69, 9.17) is 17.2 Å². The number of rotatable bonds is 2. The van der Waals surface area contributed by atoms with Crippen LogP contribution in [0.4, 0.5) is 0 Å². The van der Waals surface area contributed by atoms with E-state index in [1.54, 1.807) is 0 Å². The van der Waals surface area contributed by atoms with E-state index < -0.39 is 0 Å². The normalized spacial score (nSPS) is 27.4. The highest BCUT2D eigenvalue weighted by Crippen LogP contribution is 2.24. The standard InChI is InChI=1S/C9H19N5O/c10-8(11)14-9(12)13-5-6-1-3-7(15)4-2-6/h6-7,15H,1-5H2,(H6,10,11,12,13,14). The van der Waals surface area contributed by atoms with Crippen LogP contribution in [0.1, 0.15) is 25.7 Å². The predicted molar refractivity (Wildman–Crippen MR) is 60.3 cm³/mol. The highest BCUT2D eigenvalue weighted by Gasteiger charge is 2.18. The first-order valence-electron chi connectivity index (χ1n) is 5.15. The molecule has 0 saturated heterocycles. The van der Waals surface area contributed by atoms with Gasteiger partial charge in [0.1, 0.15) is 0 Å². The van der Waals surface area contributed by atoms with Crippen LogP contribution in [0, 0.1) is 5.92 Å². The van der Waals surface area contributed by atoms with Gasteiger partial charge in [0.25, 0.3) is 0 Å². The molecule has 86 valence electrons. The van der Waals surface area contributed by atoms with E-state index in [9.17, 15) is 5.11 Å². The van der Waals surface area contributed by atoms with E-state index in [1.807, 2.05) is 0 Å². The molecule has 1 aliphatic rings. The molecule has 1 fully saturated rings. The highest BCUT2D eigenvalue weighted by atomic mass is 16.3. The number of hydrogen-bond donors (Lipinski definition) is 4. The van der Waals surface area contributed by atoms with Crippen molar-refractivity contribution in [3.05, 3.63) is 0 Å². The van der Waals surface area contributed by atoms with Crippen molar-refractivity contribution in [3.63, 3.8) is 0 Å². The molecule has 1 saturated carbocycles. The zero-order chi connectivity index (χ0) is 11.3. The summed E-state index contributed by atoms with van der Waals surface area (Å²) < 4.78 is 0. The van der Waals surface area contributed by atoms with Gasteiger partial charge in [-0.05, 0) is 31.6 Å². The Morgan fingerprint density at radius 3 is 2.27 bits per heavy atom. The fraction of sp³-hybridized carbons (Fsp3) is 0.778. The summed E-state index contributed by atoms with van der Waals surface area (Å²) in [7, 11) is 0. The summed E-state index contributed by atoms with van der Waals surface area (Å²) in [4.78, 5) is 7.71. The van der Waals surface area contributed by atoms with Gasteiger partial charge in [0.05, 0.1) is 6.10 Å². The van der Waals surface area contributed by atoms with Crippen molar-refractivity contribution < 1.29 is 5.11 Å². The molecule has 0 radical (unpaired) electrons. The third-order valence-electron chi connectivity index (χ3n) is 2.57. The quantitative estimate of drug-likeness (QED) is 0.351. The van der Waals surface area contributed by atoms with Gasteiger partial charge in [-0.3, -0.25) is 4.99 Å². The molecule has 0 unspecified atom stereocenters. The van der Waals surface area contributed by atoms with Crippen LogP contribution in [0.25, 0.3) is 0 Å². The Morgan fingerprint density at radius 2 is 1.73 bits per heavy atom. The summed E-state index contributed by atoms with van der Waals surface area (Å²) in [6, 6.07) is 0. The van der Waals surface area contributed by atoms with E-state index in [0.29, 0.717) is 12.5 Å². The summed E-state index contributed by atoms with van der Waals surface area (Å²) in [5.41, 5.74) is 15.8. The number of hydrogen-bond acceptors (Lipinski definition) is 2. The molecule has 1 aliphatic carbocycles. The van der Waals surface area contributed by atoms with Gasteiger partial charge in [0, 0.05) is 6.54 Å². The smallest absolute Gasteiger partial charge is 0.218 e. The maximum absolute atomic E-state index is 9.31. The van der Waals surface area contributed by atoms with Gasteiger partial charge in [-0.25, -0.2) is 0 Å². The van der Waals surface area contributed by atoms with E-state index >= 15 is 0 Å². The summed E-state index contributed by atoms with van der Waals surface area (Å²) >= 11 is 0. The van der Waals surface area contributed by atoms with Gasteiger partial charge in [-0.1, -0.05) is 0 Å². The Labute approximate surface area is 89.3 Å². The third-order valence-corrected chi connectivity index (χ3v) is 2.57. The van der Waals surface area contributed by atoms with Crippen molar-refractivity contribution in [2.45, 2.75) is 31.8 Å². The van der Waals surface area contributed by atoms with Crippen LogP contribution in [0.3, 0.4) is 0 Å². The van der Waals surface area contributed by atoms with Crippen LogP contribution < -0.4 is 17.2 Å². The minimum absolute atomic E-state index is 0.0738. The molecule has 0 amide bonds. The average Bonchev–Trinajstić information content (AvgIpc) is 2.16. The lowest BCUT2D eigenvalue weighted by atomic mass is 9.88. The lowest BCUT2D eigenvalue weighted by molar-refractivity contribution is 0.110. The molecule has 0 aromatic heterocycles. The van der Waals surface area contributed by atoms with Gasteiger partial charge in [-0.2, -0.15) is 4.99 Å². The molecular formula is C9H19N5O. The van der Waals surface area contributed by atoms with Crippen molar-refractivity contribution in [1.82, 2.24) is 0 Å². The molecule has 6 nitrogen and oxygen atoms in total. The van der Waals surface area contributed by atoms with E-state index in [0.717, 1.165) is 25.7 Å². The van der Waals surface area contributed by atoms with Crippen LogP contribution in [-0.4, -0.2) is 29.7 Å². The highest BCUT2D eigenvalue weighted by molar-refractivity contribution is 5.92. The fourth-order valence-electron chi connectivity index (χ4n) is 1.72. The average molecular weight is 213 g/mol. The first-order valence-corrected chi connectivity index (χ1v) is 5.15. The summed E-state index contributed by atoms with van der Waals surface area (Å²) in [5, 5.41) is 9.31. The molecule has 0 atom stereocenters. The molecule has 0 heterocycles. The Hall–Kier alpha value is -1.30. The molecule has 15 heavy (non-hydrogen) atoms. The Balaban J connectivity index is 2.33. The number of aliphatic hydroxyl groups is 1. The maximum atomic E-state index is 9.31. The lowest BCUT2D eigenvalue weighted by Crippen LogP contribution is -2.27. The van der Waals surface area contributed by atoms with Crippen molar-refractivity contribution in [2.24, 2.45) is 33.1 Å². The van der Waals surface area contributed by atoms with Crippen LogP contribution in [0.15, 0.2) is 9.98 Å². The second-order valence-corrected chi connectivity index (χ2v) is 3.91. The van der Waals surface area contributed by atoms with Gasteiger partial charge in [0.15, 0.2) is 5.96 Å². The zero-order valence-electron chi connectivity index (χ0n) is 8.76. The van der Waals surface area contributed by atoms with Gasteiger partial charge >= 0.3 is 0 Å². The largest absolute Gasteiger partial charge is 0.393 e. The Kier molecular flexibility index (Phi) is 4.36. The molecular weight excluding hydrogens is 194 g/mol. The molecule has 7 N–H and O–H groups in total. The lowest BCUT2D eigenvalue weighted by Gasteiger charge is -2.23. The predicted octanol–water partition coefficient (Wildman–Crippen LogP) is -0.874. The van der Waals surface area contributed by atoms with Crippen LogP contribution >= 0.6 is 0 Å². The molecule has 6 heteroatoms. The van der Waals surface area contributed by atoms with E-state index in [2.05, 4.69) is 9.98 Å². The molecule has 0 aromatic rings. The third kappa shape index (κ3) is 4.64. The molecule has 0 spiro atoms. The summed E-state index contributed by atoms with van der Waals surface area (Å²) in [5.74, 6) is 0.539. The van der Waals surface area contributed by atoms with Crippen molar-refractivity contribution in [1.29, 1.82) is 0 Å². The minimum Gasteiger partial charge on any atom is -0.393 e. The van der Waals surface area contributed by atoms with Gasteiger partial charge in [-0.15, -0.1) is 0 Å². The van der Waals surface area contributed by atoms with Crippen molar-refractivity contribution in [2.75, 3.05) is 6.54 Å². The fourth-order valence-corrected chi connectivity index (χ4v) is 1.72. The number of nitrogens with zero attached hydrogens (tertiary/aromatic N) is 2. The van der Waals surface area contributed by atoms with E-state index in [-0.39, 0.29) is 18.0 Å². The summed E-state index contributed by atoms with van der Waals surface area (Å²) in [6.07, 6.45) is 3.53. The SMILES string of the molecule is NC(N)=NC(N)=NCC1CCC(O)CC1. The van der Waals surface area contributed by atoms with E-state index in [1.165, 1.54) is 0 Å². The first-order chi connectivity index (χ1) is 7.08. The second kappa shape index (κ2) is 5.55. The molecule has 1 rings (SSSR count). The monoisotopic (exact) mass is 213 g/mol. The molecule has 0 bridgehead atoms. The van der Waals surface area contributed by atoms with Crippen LogP contribution in [-0.2, 0) is 0 Å². The number of aliphatic hydroxyl groups excluding tert-OH is 1. The Bertz CT molecular complexity index is 251. The maximum Gasteiger partial charge on any atom is 0.218 e. The van der Waals surface area contributed by atoms with Crippen LogP contribution in [0.2, 0.25) is 0 Å². The second-order valence-electron chi connectivity index (χ2n) is 3.91.